The number of hydrogen-bond acceptors (Lipinski definition) is 4. The number of piperidine rings is 2. The van der Waals surface area contributed by atoms with Gasteiger partial charge in [0.25, 0.3) is 0 Å². The van der Waals surface area contributed by atoms with Crippen LogP contribution in [0.3, 0.4) is 0 Å². The van der Waals surface area contributed by atoms with Gasteiger partial charge in [-0.15, -0.1) is 0 Å². The summed E-state index contributed by atoms with van der Waals surface area (Å²) in [6, 6.07) is 1.48. The Morgan fingerprint density at radius 2 is 1.09 bits per heavy atom. The van der Waals surface area contributed by atoms with Crippen LogP contribution in [0.5, 0.6) is 0 Å². The summed E-state index contributed by atoms with van der Waals surface area (Å²) in [5.74, 6) is 1.01. The molecule has 1 aliphatic carbocycles. The molecule has 1 N–H and O–H groups in total. The molecule has 0 aromatic carbocycles. The van der Waals surface area contributed by atoms with Gasteiger partial charge in [0, 0.05) is 31.7 Å². The summed E-state index contributed by atoms with van der Waals surface area (Å²) in [5.41, 5.74) is 1.46. The normalized spacial score (nSPS) is 25.3. The second-order valence-electron chi connectivity index (χ2n) is 12.4. The lowest BCUT2D eigenvalue weighted by Crippen LogP contribution is -2.62. The predicted octanol–water partition coefficient (Wildman–Crippen LogP) is 5.73. The second kappa shape index (κ2) is 13.8. The van der Waals surface area contributed by atoms with Crippen molar-refractivity contribution in [3.05, 3.63) is 0 Å². The van der Waals surface area contributed by atoms with Gasteiger partial charge in [-0.3, -0.25) is 0 Å². The largest absolute Gasteiger partial charge is 0.317 e. The minimum absolute atomic E-state index is 0.704. The maximum Gasteiger partial charge on any atom is 0.00516 e. The number of rotatable bonds is 6. The Morgan fingerprint density at radius 3 is 1.42 bits per heavy atom. The number of hydrogen-bond donors (Lipinski definition) is 1. The molecule has 33 heavy (non-hydrogen) atoms. The lowest BCUT2D eigenvalue weighted by molar-refractivity contribution is -0.0871. The SMILES string of the molecule is CC(C)N1CCC2(CC1)CC(CN1CC3(CCN(C(C)C)CC3)C1)C2.CCC.CCNCC. The maximum atomic E-state index is 3.11. The van der Waals surface area contributed by atoms with Crippen LogP contribution in [-0.4, -0.2) is 85.7 Å². The van der Waals surface area contributed by atoms with Crippen molar-refractivity contribution in [2.75, 3.05) is 58.9 Å². The van der Waals surface area contributed by atoms with Gasteiger partial charge >= 0.3 is 0 Å². The topological polar surface area (TPSA) is 21.8 Å². The molecule has 2 spiro atoms. The molecule has 0 amide bonds. The molecule has 1 saturated carbocycles. The van der Waals surface area contributed by atoms with Crippen LogP contribution in [0.15, 0.2) is 0 Å². The molecule has 0 aromatic rings. The van der Waals surface area contributed by atoms with Gasteiger partial charge < -0.3 is 20.0 Å². The summed E-state index contributed by atoms with van der Waals surface area (Å²) in [6.07, 6.45) is 10.1. The molecular formula is C29H60N4. The third-order valence-electron chi connectivity index (χ3n) is 8.76. The van der Waals surface area contributed by atoms with E-state index in [9.17, 15) is 0 Å². The summed E-state index contributed by atoms with van der Waals surface area (Å²) in [6.45, 7) is 29.6. The minimum atomic E-state index is 0.704. The molecule has 4 fully saturated rings. The van der Waals surface area contributed by atoms with E-state index in [1.165, 1.54) is 90.8 Å². The maximum absolute atomic E-state index is 3.11. The first kappa shape index (κ1) is 29.1. The van der Waals surface area contributed by atoms with Crippen molar-refractivity contribution in [3.8, 4) is 0 Å². The van der Waals surface area contributed by atoms with E-state index in [-0.39, 0.29) is 0 Å². The quantitative estimate of drug-likeness (QED) is 0.542. The van der Waals surface area contributed by atoms with Crippen LogP contribution in [0.2, 0.25) is 0 Å². The molecule has 4 aliphatic rings. The summed E-state index contributed by atoms with van der Waals surface area (Å²) in [5, 5.41) is 3.11. The van der Waals surface area contributed by atoms with Crippen LogP contribution in [0.1, 0.15) is 100 Å². The van der Waals surface area contributed by atoms with Gasteiger partial charge in [-0.2, -0.15) is 0 Å². The number of likely N-dealkylation sites (tertiary alicyclic amines) is 3. The predicted molar refractivity (Wildman–Crippen MR) is 146 cm³/mol. The second-order valence-corrected chi connectivity index (χ2v) is 12.4. The summed E-state index contributed by atoms with van der Waals surface area (Å²) < 4.78 is 0. The molecule has 0 atom stereocenters. The van der Waals surface area contributed by atoms with Gasteiger partial charge in [-0.25, -0.2) is 0 Å². The lowest BCUT2D eigenvalue weighted by Gasteiger charge is -2.58. The third kappa shape index (κ3) is 8.47. The van der Waals surface area contributed by atoms with E-state index >= 15 is 0 Å². The highest BCUT2D eigenvalue weighted by Crippen LogP contribution is 2.53. The molecule has 196 valence electrons. The van der Waals surface area contributed by atoms with Gasteiger partial charge in [0.05, 0.1) is 0 Å². The van der Waals surface area contributed by atoms with Crippen molar-refractivity contribution >= 4 is 0 Å². The van der Waals surface area contributed by atoms with Crippen molar-refractivity contribution in [1.29, 1.82) is 0 Å². The van der Waals surface area contributed by atoms with Crippen molar-refractivity contribution in [3.63, 3.8) is 0 Å². The zero-order valence-corrected chi connectivity index (χ0v) is 23.9. The molecule has 3 saturated heterocycles. The van der Waals surface area contributed by atoms with Crippen molar-refractivity contribution in [2.45, 2.75) is 112 Å². The first-order valence-corrected chi connectivity index (χ1v) is 14.6. The standard InChI is InChI=1S/C22H41N3.C4H11N.C3H8/c1-18(2)24-9-5-21(6-10-24)13-20(14-21)15-23-16-22(17-23)7-11-25(12-8-22)19(3)4;1-3-5-4-2;1-3-2/h18-20H,5-17H2,1-4H3;5H,3-4H2,1-2H3;3H2,1-2H3. The Balaban J connectivity index is 0.000000420. The first-order chi connectivity index (χ1) is 15.7. The molecule has 4 rings (SSSR count). The van der Waals surface area contributed by atoms with E-state index in [1.807, 2.05) is 0 Å². The van der Waals surface area contributed by atoms with Crippen molar-refractivity contribution < 1.29 is 0 Å². The average Bonchev–Trinajstić information content (AvgIpc) is 2.74. The number of nitrogens with zero attached hydrogens (tertiary/aromatic N) is 3. The van der Waals surface area contributed by atoms with E-state index in [0.717, 1.165) is 36.5 Å². The molecule has 3 heterocycles. The van der Waals surface area contributed by atoms with E-state index in [1.54, 1.807) is 0 Å². The summed E-state index contributed by atoms with van der Waals surface area (Å²) in [4.78, 5) is 8.15. The Morgan fingerprint density at radius 1 is 0.697 bits per heavy atom. The van der Waals surface area contributed by atoms with Crippen LogP contribution >= 0.6 is 0 Å². The van der Waals surface area contributed by atoms with E-state index in [2.05, 4.69) is 75.4 Å². The first-order valence-electron chi connectivity index (χ1n) is 14.6. The number of nitrogens with one attached hydrogen (secondary N) is 1. The van der Waals surface area contributed by atoms with Crippen LogP contribution in [0, 0.1) is 16.7 Å². The Bertz CT molecular complexity index is 456. The molecule has 0 aromatic heterocycles. The lowest BCUT2D eigenvalue weighted by atomic mass is 9.57. The van der Waals surface area contributed by atoms with E-state index in [0.29, 0.717) is 5.41 Å². The molecule has 0 bridgehead atoms. The summed E-state index contributed by atoms with van der Waals surface area (Å²) in [7, 11) is 0. The molecule has 0 unspecified atom stereocenters. The average molecular weight is 465 g/mol. The Hall–Kier alpha value is -0.160. The monoisotopic (exact) mass is 464 g/mol. The van der Waals surface area contributed by atoms with Crippen LogP contribution in [0.4, 0.5) is 0 Å². The molecule has 0 radical (unpaired) electrons. The highest BCUT2D eigenvalue weighted by Gasteiger charge is 2.49. The minimum Gasteiger partial charge on any atom is -0.317 e. The zero-order chi connectivity index (χ0) is 24.5. The molecule has 4 heteroatoms. The van der Waals surface area contributed by atoms with Crippen molar-refractivity contribution in [1.82, 2.24) is 20.0 Å². The van der Waals surface area contributed by atoms with Gasteiger partial charge in [-0.05, 0) is 122 Å². The highest BCUT2D eigenvalue weighted by molar-refractivity contribution is 5.02. The molecular weight excluding hydrogens is 404 g/mol. The fourth-order valence-electron chi connectivity index (χ4n) is 6.69. The van der Waals surface area contributed by atoms with E-state index in [4.69, 9.17) is 0 Å². The molecule has 3 aliphatic heterocycles. The van der Waals surface area contributed by atoms with Crippen molar-refractivity contribution in [2.24, 2.45) is 16.7 Å². The highest BCUT2D eigenvalue weighted by atomic mass is 15.2. The summed E-state index contributed by atoms with van der Waals surface area (Å²) >= 11 is 0. The van der Waals surface area contributed by atoms with Gasteiger partial charge in [0.2, 0.25) is 0 Å². The fourth-order valence-corrected chi connectivity index (χ4v) is 6.69. The van der Waals surface area contributed by atoms with Gasteiger partial charge in [0.1, 0.15) is 0 Å². The van der Waals surface area contributed by atoms with E-state index < -0.39 is 0 Å². The fraction of sp³-hybridized carbons (Fsp3) is 1.00. The third-order valence-corrected chi connectivity index (χ3v) is 8.76. The van der Waals surface area contributed by atoms with Crippen LogP contribution in [-0.2, 0) is 0 Å². The van der Waals surface area contributed by atoms with Crippen LogP contribution in [0.25, 0.3) is 0 Å². The van der Waals surface area contributed by atoms with Gasteiger partial charge in [0.15, 0.2) is 0 Å². The van der Waals surface area contributed by atoms with Crippen LogP contribution < -0.4 is 5.32 Å². The smallest absolute Gasteiger partial charge is 0.00516 e. The molecule has 4 nitrogen and oxygen atoms in total. The Kier molecular flexibility index (Phi) is 12.2. The van der Waals surface area contributed by atoms with Gasteiger partial charge in [-0.1, -0.05) is 34.1 Å². The Labute approximate surface area is 208 Å². The zero-order valence-electron chi connectivity index (χ0n) is 23.9.